The summed E-state index contributed by atoms with van der Waals surface area (Å²) in [5.74, 6) is 0.0835. The Morgan fingerprint density at radius 1 is 1.19 bits per heavy atom. The van der Waals surface area contributed by atoms with Crippen molar-refractivity contribution in [1.29, 1.82) is 0 Å². The second kappa shape index (κ2) is 6.06. The zero-order valence-electron chi connectivity index (χ0n) is 11.9. The van der Waals surface area contributed by atoms with E-state index in [2.05, 4.69) is 11.4 Å². The molecule has 0 bridgehead atoms. The fourth-order valence-corrected chi connectivity index (χ4v) is 2.75. The minimum atomic E-state index is -0.406. The Labute approximate surface area is 124 Å². The Bertz CT molecular complexity index is 631. The lowest BCUT2D eigenvalue weighted by Gasteiger charge is -2.22. The van der Waals surface area contributed by atoms with E-state index in [9.17, 15) is 4.79 Å². The molecule has 1 aromatic heterocycles. The number of carbonyl (C=O) groups is 1. The molecule has 2 aromatic rings. The van der Waals surface area contributed by atoms with Crippen LogP contribution in [0.4, 0.5) is 0 Å². The van der Waals surface area contributed by atoms with Crippen LogP contribution in [0.25, 0.3) is 11.3 Å². The number of pyridine rings is 1. The summed E-state index contributed by atoms with van der Waals surface area (Å²) < 4.78 is 0. The van der Waals surface area contributed by atoms with Gasteiger partial charge in [0.05, 0.1) is 5.69 Å². The van der Waals surface area contributed by atoms with Crippen molar-refractivity contribution in [1.82, 2.24) is 10.3 Å². The number of rotatable bonds is 3. The monoisotopic (exact) mass is 281 g/mol. The molecule has 1 aliphatic rings. The summed E-state index contributed by atoms with van der Waals surface area (Å²) in [7, 11) is 0. The predicted molar refractivity (Wildman–Crippen MR) is 83.0 cm³/mol. The van der Waals surface area contributed by atoms with E-state index in [1.54, 1.807) is 12.1 Å². The summed E-state index contributed by atoms with van der Waals surface area (Å²) in [4.78, 5) is 15.9. The van der Waals surface area contributed by atoms with Crippen LogP contribution in [0.1, 0.15) is 34.8 Å². The third kappa shape index (κ3) is 3.11. The largest absolute Gasteiger partial charge is 0.366 e. The second-order valence-corrected chi connectivity index (χ2v) is 5.43. The smallest absolute Gasteiger partial charge is 0.248 e. The molecule has 0 spiro atoms. The number of hydrogen-bond acceptors (Lipinski definition) is 3. The normalized spacial score (nSPS) is 18.4. The van der Waals surface area contributed by atoms with Crippen LogP contribution in [0, 0.1) is 0 Å². The van der Waals surface area contributed by atoms with Crippen LogP contribution in [0.3, 0.4) is 0 Å². The van der Waals surface area contributed by atoms with E-state index in [1.807, 2.05) is 24.3 Å². The highest BCUT2D eigenvalue weighted by Crippen LogP contribution is 2.24. The van der Waals surface area contributed by atoms with Gasteiger partial charge in [0, 0.05) is 29.3 Å². The van der Waals surface area contributed by atoms with Crippen LogP contribution < -0.4 is 11.1 Å². The molecule has 0 unspecified atom stereocenters. The van der Waals surface area contributed by atoms with E-state index in [0.717, 1.165) is 30.0 Å². The minimum absolute atomic E-state index is 0.406. The standard InChI is InChI=1S/C17H19N3O/c18-17(21)13-8-6-12(7-9-13)15-4-1-5-16(20-15)14-3-2-10-19-11-14/h1,4-9,14,19H,2-3,10-11H2,(H2,18,21)/t14-/m1/s1. The van der Waals surface area contributed by atoms with Gasteiger partial charge in [-0.2, -0.15) is 0 Å². The Balaban J connectivity index is 1.86. The van der Waals surface area contributed by atoms with E-state index in [0.29, 0.717) is 11.5 Å². The molecule has 4 heteroatoms. The van der Waals surface area contributed by atoms with Gasteiger partial charge in [0.2, 0.25) is 5.91 Å². The highest BCUT2D eigenvalue weighted by molar-refractivity contribution is 5.93. The van der Waals surface area contributed by atoms with Crippen LogP contribution in [-0.2, 0) is 0 Å². The van der Waals surface area contributed by atoms with Gasteiger partial charge in [0.25, 0.3) is 0 Å². The van der Waals surface area contributed by atoms with Gasteiger partial charge < -0.3 is 11.1 Å². The van der Waals surface area contributed by atoms with Crippen molar-refractivity contribution in [2.75, 3.05) is 13.1 Å². The van der Waals surface area contributed by atoms with Crippen molar-refractivity contribution in [3.63, 3.8) is 0 Å². The van der Waals surface area contributed by atoms with Gasteiger partial charge in [-0.05, 0) is 43.7 Å². The number of carbonyl (C=O) groups excluding carboxylic acids is 1. The van der Waals surface area contributed by atoms with Crippen molar-refractivity contribution >= 4 is 5.91 Å². The molecule has 1 atom stereocenters. The quantitative estimate of drug-likeness (QED) is 0.907. The van der Waals surface area contributed by atoms with E-state index in [-0.39, 0.29) is 0 Å². The van der Waals surface area contributed by atoms with Gasteiger partial charge >= 0.3 is 0 Å². The van der Waals surface area contributed by atoms with Crippen LogP contribution >= 0.6 is 0 Å². The molecule has 4 nitrogen and oxygen atoms in total. The zero-order valence-corrected chi connectivity index (χ0v) is 11.9. The molecule has 1 amide bonds. The van der Waals surface area contributed by atoms with E-state index in [1.165, 1.54) is 12.8 Å². The highest BCUT2D eigenvalue weighted by atomic mass is 16.1. The summed E-state index contributed by atoms with van der Waals surface area (Å²) in [5.41, 5.74) is 8.86. The van der Waals surface area contributed by atoms with E-state index >= 15 is 0 Å². The second-order valence-electron chi connectivity index (χ2n) is 5.43. The maximum atomic E-state index is 11.1. The summed E-state index contributed by atoms with van der Waals surface area (Å²) in [6.07, 6.45) is 2.38. The number of nitrogens with two attached hydrogens (primary N) is 1. The van der Waals surface area contributed by atoms with E-state index < -0.39 is 5.91 Å². The first-order valence-electron chi connectivity index (χ1n) is 7.32. The van der Waals surface area contributed by atoms with Crippen LogP contribution in [0.15, 0.2) is 42.5 Å². The van der Waals surface area contributed by atoms with Crippen molar-refractivity contribution in [2.45, 2.75) is 18.8 Å². The van der Waals surface area contributed by atoms with E-state index in [4.69, 9.17) is 10.7 Å². The summed E-state index contributed by atoms with van der Waals surface area (Å²) in [6, 6.07) is 13.4. The lowest BCUT2D eigenvalue weighted by atomic mass is 9.95. The van der Waals surface area contributed by atoms with Crippen LogP contribution in [-0.4, -0.2) is 24.0 Å². The van der Waals surface area contributed by atoms with Crippen molar-refractivity contribution in [3.8, 4) is 11.3 Å². The number of amides is 1. The number of benzene rings is 1. The van der Waals surface area contributed by atoms with Gasteiger partial charge in [-0.3, -0.25) is 9.78 Å². The number of nitrogens with zero attached hydrogens (tertiary/aromatic N) is 1. The Kier molecular flexibility index (Phi) is 3.97. The van der Waals surface area contributed by atoms with Gasteiger partial charge in [-0.1, -0.05) is 18.2 Å². The fourth-order valence-electron chi connectivity index (χ4n) is 2.75. The molecule has 0 aliphatic carbocycles. The molecular weight excluding hydrogens is 262 g/mol. The molecule has 1 aromatic carbocycles. The van der Waals surface area contributed by atoms with Gasteiger partial charge in [0.15, 0.2) is 0 Å². The fraction of sp³-hybridized carbons (Fsp3) is 0.294. The topological polar surface area (TPSA) is 68.0 Å². The first-order valence-corrected chi connectivity index (χ1v) is 7.32. The maximum absolute atomic E-state index is 11.1. The molecule has 3 rings (SSSR count). The Hall–Kier alpha value is -2.20. The number of aromatic nitrogens is 1. The van der Waals surface area contributed by atoms with Crippen molar-refractivity contribution < 1.29 is 4.79 Å². The predicted octanol–water partition coefficient (Wildman–Crippen LogP) is 2.31. The molecular formula is C17H19N3O. The minimum Gasteiger partial charge on any atom is -0.366 e. The molecule has 2 heterocycles. The zero-order chi connectivity index (χ0) is 14.7. The molecule has 0 radical (unpaired) electrons. The molecule has 108 valence electrons. The van der Waals surface area contributed by atoms with Crippen molar-refractivity contribution in [3.05, 3.63) is 53.7 Å². The van der Waals surface area contributed by atoms with Crippen LogP contribution in [0.2, 0.25) is 0 Å². The summed E-state index contributed by atoms with van der Waals surface area (Å²) in [5, 5.41) is 3.42. The molecule has 1 fully saturated rings. The molecule has 0 saturated carbocycles. The van der Waals surface area contributed by atoms with Gasteiger partial charge in [-0.15, -0.1) is 0 Å². The summed E-state index contributed by atoms with van der Waals surface area (Å²) >= 11 is 0. The highest BCUT2D eigenvalue weighted by Gasteiger charge is 2.16. The lowest BCUT2D eigenvalue weighted by molar-refractivity contribution is 0.100. The third-order valence-corrected chi connectivity index (χ3v) is 3.95. The molecule has 1 aliphatic heterocycles. The van der Waals surface area contributed by atoms with Gasteiger partial charge in [0.1, 0.15) is 0 Å². The van der Waals surface area contributed by atoms with Crippen LogP contribution in [0.5, 0.6) is 0 Å². The number of nitrogens with one attached hydrogen (secondary N) is 1. The average Bonchev–Trinajstić information content (AvgIpc) is 2.56. The average molecular weight is 281 g/mol. The third-order valence-electron chi connectivity index (χ3n) is 3.95. The lowest BCUT2D eigenvalue weighted by Crippen LogP contribution is -2.28. The van der Waals surface area contributed by atoms with Crippen molar-refractivity contribution in [2.24, 2.45) is 5.73 Å². The Morgan fingerprint density at radius 3 is 2.67 bits per heavy atom. The Morgan fingerprint density at radius 2 is 2.00 bits per heavy atom. The summed E-state index contributed by atoms with van der Waals surface area (Å²) in [6.45, 7) is 2.10. The number of piperidine rings is 1. The molecule has 21 heavy (non-hydrogen) atoms. The molecule has 3 N–H and O–H groups in total. The first kappa shape index (κ1) is 13.8. The number of primary amides is 1. The SMILES string of the molecule is NC(=O)c1ccc(-c2cccc([C@@H]3CCCNC3)n2)cc1. The molecule has 1 saturated heterocycles. The number of hydrogen-bond donors (Lipinski definition) is 2. The van der Waals surface area contributed by atoms with Gasteiger partial charge in [-0.25, -0.2) is 0 Å². The maximum Gasteiger partial charge on any atom is 0.248 e. The first-order chi connectivity index (χ1) is 10.2.